The van der Waals surface area contributed by atoms with Gasteiger partial charge in [-0.05, 0) is 37.1 Å². The van der Waals surface area contributed by atoms with Crippen LogP contribution < -0.4 is 0 Å². The summed E-state index contributed by atoms with van der Waals surface area (Å²) in [5, 5.41) is 14.9. The lowest BCUT2D eigenvalue weighted by atomic mass is 10.0. The Bertz CT molecular complexity index is 1050. The average Bonchev–Trinajstić information content (AvgIpc) is 2.94. The molecule has 0 fully saturated rings. The van der Waals surface area contributed by atoms with Crippen molar-refractivity contribution in [2.45, 2.75) is 20.3 Å². The van der Waals surface area contributed by atoms with Crippen LogP contribution in [0.1, 0.15) is 22.4 Å². The Labute approximate surface area is 145 Å². The van der Waals surface area contributed by atoms with E-state index in [-0.39, 0.29) is 5.88 Å². The molecule has 0 radical (unpaired) electrons. The van der Waals surface area contributed by atoms with Crippen molar-refractivity contribution in [1.82, 2.24) is 19.6 Å². The minimum atomic E-state index is 0.0796. The number of aromatic hydroxyl groups is 1. The van der Waals surface area contributed by atoms with E-state index < -0.39 is 0 Å². The van der Waals surface area contributed by atoms with Crippen molar-refractivity contribution in [3.05, 3.63) is 77.2 Å². The standard InChI is InChI=1S/C20H18N4O/c1-13-5-3-4-6-16(13)11-17-14(2)23-24-19(25)12-18(22-20(17)24)15-7-9-21-10-8-15/h3-10,12,25H,11H2,1-2H3. The first-order valence-electron chi connectivity index (χ1n) is 8.16. The highest BCUT2D eigenvalue weighted by molar-refractivity contribution is 5.65. The van der Waals surface area contributed by atoms with Crippen LogP contribution in [0.4, 0.5) is 0 Å². The van der Waals surface area contributed by atoms with Crippen molar-refractivity contribution in [2.75, 3.05) is 0 Å². The maximum atomic E-state index is 10.4. The fraction of sp³-hybridized carbons (Fsp3) is 0.150. The minimum Gasteiger partial charge on any atom is -0.493 e. The molecule has 5 nitrogen and oxygen atoms in total. The van der Waals surface area contributed by atoms with Crippen molar-refractivity contribution in [3.8, 4) is 17.1 Å². The number of benzene rings is 1. The largest absolute Gasteiger partial charge is 0.493 e. The smallest absolute Gasteiger partial charge is 0.216 e. The number of hydrogen-bond donors (Lipinski definition) is 1. The van der Waals surface area contributed by atoms with Gasteiger partial charge in [-0.25, -0.2) is 4.98 Å². The molecule has 1 aromatic carbocycles. The molecule has 5 heteroatoms. The lowest BCUT2D eigenvalue weighted by molar-refractivity contribution is 0.435. The molecule has 3 aromatic heterocycles. The Kier molecular flexibility index (Phi) is 3.69. The van der Waals surface area contributed by atoms with Crippen LogP contribution in [-0.4, -0.2) is 24.7 Å². The number of aryl methyl sites for hydroxylation is 2. The molecule has 1 N–H and O–H groups in total. The molecule has 0 bridgehead atoms. The second kappa shape index (κ2) is 6.02. The normalized spacial score (nSPS) is 11.1. The van der Waals surface area contributed by atoms with Gasteiger partial charge in [0.25, 0.3) is 0 Å². The summed E-state index contributed by atoms with van der Waals surface area (Å²) in [4.78, 5) is 8.80. The summed E-state index contributed by atoms with van der Waals surface area (Å²) in [6.45, 7) is 4.05. The van der Waals surface area contributed by atoms with Crippen LogP contribution in [0.5, 0.6) is 5.88 Å². The zero-order valence-corrected chi connectivity index (χ0v) is 14.1. The zero-order chi connectivity index (χ0) is 17.4. The third-order valence-corrected chi connectivity index (χ3v) is 4.47. The predicted octanol–water partition coefficient (Wildman–Crippen LogP) is 3.70. The van der Waals surface area contributed by atoms with Crippen LogP contribution in [0.2, 0.25) is 0 Å². The number of pyridine rings is 1. The van der Waals surface area contributed by atoms with Crippen LogP contribution >= 0.6 is 0 Å². The van der Waals surface area contributed by atoms with Crippen molar-refractivity contribution in [1.29, 1.82) is 0 Å². The second-order valence-corrected chi connectivity index (χ2v) is 6.14. The Hall–Kier alpha value is -3.21. The van der Waals surface area contributed by atoms with E-state index in [4.69, 9.17) is 4.98 Å². The van der Waals surface area contributed by atoms with E-state index in [2.05, 4.69) is 29.1 Å². The van der Waals surface area contributed by atoms with Crippen molar-refractivity contribution in [3.63, 3.8) is 0 Å². The molecular weight excluding hydrogens is 312 g/mol. The van der Waals surface area contributed by atoms with Crippen LogP contribution in [-0.2, 0) is 6.42 Å². The van der Waals surface area contributed by atoms with Crippen molar-refractivity contribution < 1.29 is 5.11 Å². The summed E-state index contributed by atoms with van der Waals surface area (Å²) in [5.74, 6) is 0.0796. The van der Waals surface area contributed by atoms with Gasteiger partial charge >= 0.3 is 0 Å². The molecule has 25 heavy (non-hydrogen) atoms. The zero-order valence-electron chi connectivity index (χ0n) is 14.1. The summed E-state index contributed by atoms with van der Waals surface area (Å²) in [6, 6.07) is 13.7. The first kappa shape index (κ1) is 15.3. The first-order valence-corrected chi connectivity index (χ1v) is 8.16. The monoisotopic (exact) mass is 330 g/mol. The number of hydrogen-bond acceptors (Lipinski definition) is 4. The van der Waals surface area contributed by atoms with E-state index >= 15 is 0 Å². The summed E-state index contributed by atoms with van der Waals surface area (Å²) in [6.07, 6.45) is 4.16. The SMILES string of the molecule is Cc1ccccc1Cc1c(C)nn2c(O)cc(-c3ccncc3)nc12. The average molecular weight is 330 g/mol. The molecule has 124 valence electrons. The number of fused-ring (bicyclic) bond motifs is 1. The first-order chi connectivity index (χ1) is 12.1. The van der Waals surface area contributed by atoms with E-state index in [0.29, 0.717) is 11.3 Å². The summed E-state index contributed by atoms with van der Waals surface area (Å²) < 4.78 is 1.51. The number of rotatable bonds is 3. The third-order valence-electron chi connectivity index (χ3n) is 4.47. The molecule has 0 unspecified atom stereocenters. The summed E-state index contributed by atoms with van der Waals surface area (Å²) >= 11 is 0. The lowest BCUT2D eigenvalue weighted by Gasteiger charge is -2.07. The van der Waals surface area contributed by atoms with Crippen LogP contribution in [0.15, 0.2) is 54.9 Å². The lowest BCUT2D eigenvalue weighted by Crippen LogP contribution is -1.97. The molecule has 0 aliphatic carbocycles. The van der Waals surface area contributed by atoms with Crippen LogP contribution in [0, 0.1) is 13.8 Å². The Morgan fingerprint density at radius 2 is 1.80 bits per heavy atom. The quantitative estimate of drug-likeness (QED) is 0.622. The molecule has 0 saturated carbocycles. The molecule has 4 aromatic rings. The van der Waals surface area contributed by atoms with Crippen LogP contribution in [0.3, 0.4) is 0 Å². The summed E-state index contributed by atoms with van der Waals surface area (Å²) in [7, 11) is 0. The highest BCUT2D eigenvalue weighted by Crippen LogP contribution is 2.27. The highest BCUT2D eigenvalue weighted by atomic mass is 16.3. The van der Waals surface area contributed by atoms with E-state index in [1.807, 2.05) is 31.2 Å². The molecule has 3 heterocycles. The fourth-order valence-electron chi connectivity index (χ4n) is 3.03. The molecule has 0 spiro atoms. The fourth-order valence-corrected chi connectivity index (χ4v) is 3.03. The second-order valence-electron chi connectivity index (χ2n) is 6.14. The van der Waals surface area contributed by atoms with Gasteiger partial charge in [0.05, 0.1) is 11.4 Å². The molecule has 0 atom stereocenters. The van der Waals surface area contributed by atoms with Gasteiger partial charge in [-0.3, -0.25) is 4.98 Å². The van der Waals surface area contributed by atoms with Gasteiger partial charge in [-0.1, -0.05) is 24.3 Å². The molecular formula is C20H18N4O. The molecule has 0 amide bonds. The van der Waals surface area contributed by atoms with Gasteiger partial charge in [-0.15, -0.1) is 0 Å². The van der Waals surface area contributed by atoms with Gasteiger partial charge in [-0.2, -0.15) is 9.61 Å². The molecule has 4 rings (SSSR count). The maximum Gasteiger partial charge on any atom is 0.216 e. The topological polar surface area (TPSA) is 63.3 Å². The van der Waals surface area contributed by atoms with Gasteiger partial charge in [0.1, 0.15) is 0 Å². The molecule has 0 aliphatic heterocycles. The minimum absolute atomic E-state index is 0.0796. The highest BCUT2D eigenvalue weighted by Gasteiger charge is 2.16. The van der Waals surface area contributed by atoms with Gasteiger partial charge < -0.3 is 5.11 Å². The predicted molar refractivity (Wildman–Crippen MR) is 96.6 cm³/mol. The number of nitrogens with zero attached hydrogens (tertiary/aromatic N) is 4. The van der Waals surface area contributed by atoms with E-state index in [9.17, 15) is 5.11 Å². The van der Waals surface area contributed by atoms with E-state index in [0.717, 1.165) is 23.2 Å². The third kappa shape index (κ3) is 2.74. The molecule has 0 aliphatic rings. The van der Waals surface area contributed by atoms with Gasteiger partial charge in [0, 0.05) is 36.0 Å². The van der Waals surface area contributed by atoms with Crippen molar-refractivity contribution >= 4 is 5.65 Å². The number of aromatic nitrogens is 4. The van der Waals surface area contributed by atoms with Gasteiger partial charge in [0.15, 0.2) is 5.65 Å². The van der Waals surface area contributed by atoms with Crippen molar-refractivity contribution in [2.24, 2.45) is 0 Å². The van der Waals surface area contributed by atoms with Gasteiger partial charge in [0.2, 0.25) is 5.88 Å². The Morgan fingerprint density at radius 3 is 2.56 bits per heavy atom. The Balaban J connectivity index is 1.88. The Morgan fingerprint density at radius 1 is 1.04 bits per heavy atom. The summed E-state index contributed by atoms with van der Waals surface area (Å²) in [5.41, 5.74) is 6.67. The van der Waals surface area contributed by atoms with E-state index in [1.54, 1.807) is 18.5 Å². The maximum absolute atomic E-state index is 10.4. The molecule has 0 saturated heterocycles. The van der Waals surface area contributed by atoms with Crippen LogP contribution in [0.25, 0.3) is 16.9 Å². The van der Waals surface area contributed by atoms with E-state index in [1.165, 1.54) is 15.6 Å².